The first-order valence-corrected chi connectivity index (χ1v) is 8.49. The van der Waals surface area contributed by atoms with Gasteiger partial charge >= 0.3 is 0 Å². The third-order valence-electron chi connectivity index (χ3n) is 3.71. The summed E-state index contributed by atoms with van der Waals surface area (Å²) >= 11 is 5.98. The number of anilines is 1. The Morgan fingerprint density at radius 2 is 1.74 bits per heavy atom. The lowest BCUT2D eigenvalue weighted by atomic mass is 10.2. The minimum atomic E-state index is -0.435. The number of amides is 3. The van der Waals surface area contributed by atoms with Crippen molar-refractivity contribution in [2.45, 2.75) is 0 Å². The molecule has 0 aliphatic heterocycles. The van der Waals surface area contributed by atoms with Crippen LogP contribution in [0.3, 0.4) is 0 Å². The SMILES string of the molecule is COc1ccccc1C(=O)NCC(=O)N(C)CC(=O)Nc1ccccc1Cl. The molecule has 7 nitrogen and oxygen atoms in total. The van der Waals surface area contributed by atoms with Crippen LogP contribution < -0.4 is 15.4 Å². The molecule has 142 valence electrons. The summed E-state index contributed by atoms with van der Waals surface area (Å²) in [5, 5.41) is 5.56. The molecule has 2 N–H and O–H groups in total. The standard InChI is InChI=1S/C19H20ClN3O4/c1-23(12-17(24)22-15-9-5-4-8-14(15)20)18(25)11-21-19(26)13-7-3-6-10-16(13)27-2/h3-10H,11-12H2,1-2H3,(H,21,26)(H,22,24). The van der Waals surface area contributed by atoms with Gasteiger partial charge < -0.3 is 20.3 Å². The quantitative estimate of drug-likeness (QED) is 0.759. The summed E-state index contributed by atoms with van der Waals surface area (Å²) in [6.07, 6.45) is 0. The lowest BCUT2D eigenvalue weighted by Crippen LogP contribution is -2.41. The third kappa shape index (κ3) is 5.72. The molecule has 2 aromatic rings. The molecule has 8 heteroatoms. The average molecular weight is 390 g/mol. The topological polar surface area (TPSA) is 87.7 Å². The van der Waals surface area contributed by atoms with Crippen LogP contribution in [-0.2, 0) is 9.59 Å². The van der Waals surface area contributed by atoms with Crippen molar-refractivity contribution >= 4 is 35.0 Å². The van der Waals surface area contributed by atoms with Crippen LogP contribution in [0, 0.1) is 0 Å². The Bertz CT molecular complexity index is 841. The van der Waals surface area contributed by atoms with E-state index in [1.54, 1.807) is 48.5 Å². The molecule has 0 radical (unpaired) electrons. The number of halogens is 1. The zero-order chi connectivity index (χ0) is 19.8. The summed E-state index contributed by atoms with van der Waals surface area (Å²) in [5.41, 5.74) is 0.793. The molecule has 3 amide bonds. The monoisotopic (exact) mass is 389 g/mol. The van der Waals surface area contributed by atoms with E-state index in [0.29, 0.717) is 22.0 Å². The van der Waals surface area contributed by atoms with Gasteiger partial charge in [0.25, 0.3) is 5.91 Å². The Morgan fingerprint density at radius 3 is 2.44 bits per heavy atom. The van der Waals surface area contributed by atoms with Gasteiger partial charge in [0.1, 0.15) is 5.75 Å². The predicted molar refractivity (Wildman–Crippen MR) is 103 cm³/mol. The summed E-state index contributed by atoms with van der Waals surface area (Å²) < 4.78 is 5.12. The number of benzene rings is 2. The number of ether oxygens (including phenoxy) is 1. The van der Waals surface area contributed by atoms with Crippen LogP contribution in [0.15, 0.2) is 48.5 Å². The number of hydrogen-bond donors (Lipinski definition) is 2. The highest BCUT2D eigenvalue weighted by Crippen LogP contribution is 2.20. The van der Waals surface area contributed by atoms with E-state index in [0.717, 1.165) is 0 Å². The van der Waals surface area contributed by atoms with E-state index in [4.69, 9.17) is 16.3 Å². The summed E-state index contributed by atoms with van der Waals surface area (Å²) in [6, 6.07) is 13.5. The Kier molecular flexibility index (Phi) is 7.19. The summed E-state index contributed by atoms with van der Waals surface area (Å²) in [4.78, 5) is 37.6. The van der Waals surface area contributed by atoms with Crippen molar-refractivity contribution < 1.29 is 19.1 Å². The zero-order valence-corrected chi connectivity index (χ0v) is 15.7. The van der Waals surface area contributed by atoms with Crippen molar-refractivity contribution in [2.24, 2.45) is 0 Å². The van der Waals surface area contributed by atoms with Gasteiger partial charge in [0, 0.05) is 7.05 Å². The minimum absolute atomic E-state index is 0.172. The Labute approximate surface area is 162 Å². The van der Waals surface area contributed by atoms with Crippen molar-refractivity contribution in [1.82, 2.24) is 10.2 Å². The number of carbonyl (C=O) groups excluding carboxylic acids is 3. The number of methoxy groups -OCH3 is 1. The molecule has 0 saturated carbocycles. The van der Waals surface area contributed by atoms with Crippen molar-refractivity contribution in [3.8, 4) is 5.75 Å². The van der Waals surface area contributed by atoms with Gasteiger partial charge in [-0.25, -0.2) is 0 Å². The molecule has 0 aliphatic carbocycles. The molecule has 0 spiro atoms. The molecule has 0 saturated heterocycles. The highest BCUT2D eigenvalue weighted by Gasteiger charge is 2.16. The van der Waals surface area contributed by atoms with Gasteiger partial charge in [0.2, 0.25) is 11.8 Å². The van der Waals surface area contributed by atoms with E-state index in [-0.39, 0.29) is 13.1 Å². The fourth-order valence-electron chi connectivity index (χ4n) is 2.27. The fourth-order valence-corrected chi connectivity index (χ4v) is 2.46. The van der Waals surface area contributed by atoms with E-state index in [1.165, 1.54) is 19.1 Å². The van der Waals surface area contributed by atoms with Crippen LogP contribution in [0.4, 0.5) is 5.69 Å². The molecule has 2 aromatic carbocycles. The maximum absolute atomic E-state index is 12.2. The highest BCUT2D eigenvalue weighted by molar-refractivity contribution is 6.33. The maximum atomic E-state index is 12.2. The zero-order valence-electron chi connectivity index (χ0n) is 15.0. The average Bonchev–Trinajstić information content (AvgIpc) is 2.67. The second kappa shape index (κ2) is 9.59. The van der Waals surface area contributed by atoms with Crippen LogP contribution in [0.1, 0.15) is 10.4 Å². The first-order valence-electron chi connectivity index (χ1n) is 8.12. The molecule has 2 rings (SSSR count). The molecule has 0 aromatic heterocycles. The van der Waals surface area contributed by atoms with Crippen LogP contribution >= 0.6 is 11.6 Å². The molecule has 0 fully saturated rings. The smallest absolute Gasteiger partial charge is 0.255 e. The van der Waals surface area contributed by atoms with Gasteiger partial charge in [-0.05, 0) is 24.3 Å². The first kappa shape index (κ1) is 20.3. The van der Waals surface area contributed by atoms with Crippen molar-refractivity contribution in [3.05, 3.63) is 59.1 Å². The van der Waals surface area contributed by atoms with Crippen LogP contribution in [0.5, 0.6) is 5.75 Å². The number of hydrogen-bond acceptors (Lipinski definition) is 4. The van der Waals surface area contributed by atoms with Gasteiger partial charge in [0.05, 0.1) is 36.5 Å². The summed E-state index contributed by atoms with van der Waals surface area (Å²) in [6.45, 7) is -0.415. The lowest BCUT2D eigenvalue weighted by molar-refractivity contribution is -0.132. The number of para-hydroxylation sites is 2. The number of likely N-dealkylation sites (N-methyl/N-ethyl adjacent to an activating group) is 1. The Balaban J connectivity index is 1.85. The van der Waals surface area contributed by atoms with Crippen LogP contribution in [-0.4, -0.2) is 49.9 Å². The normalized spacial score (nSPS) is 10.0. The van der Waals surface area contributed by atoms with Crippen molar-refractivity contribution in [1.29, 1.82) is 0 Å². The fraction of sp³-hybridized carbons (Fsp3) is 0.211. The van der Waals surface area contributed by atoms with Gasteiger partial charge in [-0.2, -0.15) is 0 Å². The van der Waals surface area contributed by atoms with Crippen LogP contribution in [0.25, 0.3) is 0 Å². The number of rotatable bonds is 7. The van der Waals surface area contributed by atoms with Gasteiger partial charge in [-0.3, -0.25) is 14.4 Å². The summed E-state index contributed by atoms with van der Waals surface area (Å²) in [7, 11) is 2.94. The Morgan fingerprint density at radius 1 is 1.07 bits per heavy atom. The first-order chi connectivity index (χ1) is 12.9. The maximum Gasteiger partial charge on any atom is 0.255 e. The Hall–Kier alpha value is -3.06. The predicted octanol–water partition coefficient (Wildman–Crippen LogP) is 2.18. The number of nitrogens with zero attached hydrogens (tertiary/aromatic N) is 1. The molecular formula is C19H20ClN3O4. The number of carbonyl (C=O) groups is 3. The molecule has 27 heavy (non-hydrogen) atoms. The van der Waals surface area contributed by atoms with Gasteiger partial charge in [0.15, 0.2) is 0 Å². The second-order valence-electron chi connectivity index (χ2n) is 5.66. The van der Waals surface area contributed by atoms with Crippen molar-refractivity contribution in [2.75, 3.05) is 32.6 Å². The molecule has 0 bridgehead atoms. The second-order valence-corrected chi connectivity index (χ2v) is 6.07. The van der Waals surface area contributed by atoms with Gasteiger partial charge in [-0.15, -0.1) is 0 Å². The van der Waals surface area contributed by atoms with Gasteiger partial charge in [-0.1, -0.05) is 35.9 Å². The third-order valence-corrected chi connectivity index (χ3v) is 4.04. The molecular weight excluding hydrogens is 370 g/mol. The van der Waals surface area contributed by atoms with E-state index in [1.807, 2.05) is 0 Å². The van der Waals surface area contributed by atoms with E-state index in [9.17, 15) is 14.4 Å². The van der Waals surface area contributed by atoms with E-state index < -0.39 is 17.7 Å². The molecule has 0 aliphatic rings. The minimum Gasteiger partial charge on any atom is -0.496 e. The molecule has 0 heterocycles. The highest BCUT2D eigenvalue weighted by atomic mass is 35.5. The van der Waals surface area contributed by atoms with E-state index in [2.05, 4.69) is 10.6 Å². The largest absolute Gasteiger partial charge is 0.496 e. The molecule has 0 unspecified atom stereocenters. The lowest BCUT2D eigenvalue weighted by Gasteiger charge is -2.17. The van der Waals surface area contributed by atoms with Crippen LogP contribution in [0.2, 0.25) is 5.02 Å². The number of nitrogens with one attached hydrogen (secondary N) is 2. The van der Waals surface area contributed by atoms with E-state index >= 15 is 0 Å². The van der Waals surface area contributed by atoms with Crippen molar-refractivity contribution in [3.63, 3.8) is 0 Å². The summed E-state index contributed by atoms with van der Waals surface area (Å²) in [5.74, 6) is -0.827. The molecule has 0 atom stereocenters.